The molecule has 4 heteroatoms. The fraction of sp³-hybridized carbons (Fsp3) is 0.579. The van der Waals surface area contributed by atoms with Crippen LogP contribution in [0.5, 0.6) is 0 Å². The maximum absolute atomic E-state index is 9.31. The molecule has 4 nitrogen and oxygen atoms in total. The molecule has 2 aliphatic carbocycles. The summed E-state index contributed by atoms with van der Waals surface area (Å²) in [5.74, 6) is 3.25. The van der Waals surface area contributed by atoms with Gasteiger partial charge in [-0.25, -0.2) is 0 Å². The molecule has 0 atom stereocenters. The van der Waals surface area contributed by atoms with Crippen LogP contribution in [0.25, 0.3) is 0 Å². The Kier molecular flexibility index (Phi) is 3.72. The van der Waals surface area contributed by atoms with E-state index in [-0.39, 0.29) is 5.41 Å². The zero-order chi connectivity index (χ0) is 15.9. The highest BCUT2D eigenvalue weighted by Crippen LogP contribution is 2.53. The van der Waals surface area contributed by atoms with Crippen LogP contribution in [0, 0.1) is 5.92 Å². The number of aliphatic hydroxyl groups excluding tert-OH is 1. The molecule has 2 aliphatic rings. The summed E-state index contributed by atoms with van der Waals surface area (Å²) in [6, 6.07) is 10.7. The van der Waals surface area contributed by atoms with Gasteiger partial charge >= 0.3 is 0 Å². The average Bonchev–Trinajstić information content (AvgIpc) is 3.33. The summed E-state index contributed by atoms with van der Waals surface area (Å²) in [5, 5.41) is 18.5. The summed E-state index contributed by atoms with van der Waals surface area (Å²) in [5.41, 5.74) is 1.45. The van der Waals surface area contributed by atoms with Gasteiger partial charge in [-0.3, -0.25) is 0 Å². The molecule has 2 aromatic rings. The Labute approximate surface area is 137 Å². The van der Waals surface area contributed by atoms with Crippen molar-refractivity contribution in [2.24, 2.45) is 13.0 Å². The second-order valence-electron chi connectivity index (χ2n) is 7.29. The Balaban J connectivity index is 1.60. The van der Waals surface area contributed by atoms with E-state index in [0.717, 1.165) is 37.3 Å². The summed E-state index contributed by atoms with van der Waals surface area (Å²) in [6.07, 6.45) is 6.78. The van der Waals surface area contributed by atoms with Gasteiger partial charge in [0.1, 0.15) is 11.6 Å². The molecule has 0 unspecified atom stereocenters. The summed E-state index contributed by atoms with van der Waals surface area (Å²) in [6.45, 7) is 0.327. The number of aromatic nitrogens is 3. The summed E-state index contributed by atoms with van der Waals surface area (Å²) in [7, 11) is 2.13. The lowest BCUT2D eigenvalue weighted by molar-refractivity contribution is 0.180. The molecular formula is C19H25N3O. The largest absolute Gasteiger partial charge is 0.396 e. The molecule has 1 heterocycles. The first kappa shape index (κ1) is 14.9. The van der Waals surface area contributed by atoms with Crippen molar-refractivity contribution in [3.8, 4) is 0 Å². The van der Waals surface area contributed by atoms with Gasteiger partial charge in [0.2, 0.25) is 0 Å². The smallest absolute Gasteiger partial charge is 0.143 e. The highest BCUT2D eigenvalue weighted by atomic mass is 16.3. The van der Waals surface area contributed by atoms with Gasteiger partial charge in [-0.2, -0.15) is 0 Å². The van der Waals surface area contributed by atoms with E-state index in [2.05, 4.69) is 52.1 Å². The van der Waals surface area contributed by atoms with E-state index < -0.39 is 0 Å². The molecule has 4 rings (SSSR count). The number of hydrogen-bond donors (Lipinski definition) is 1. The monoisotopic (exact) mass is 311 g/mol. The molecule has 2 saturated carbocycles. The highest BCUT2D eigenvalue weighted by molar-refractivity contribution is 5.39. The predicted molar refractivity (Wildman–Crippen MR) is 89.2 cm³/mol. The first-order valence-corrected chi connectivity index (χ1v) is 8.81. The van der Waals surface area contributed by atoms with Crippen molar-refractivity contribution in [3.05, 3.63) is 47.5 Å². The number of hydrogen-bond acceptors (Lipinski definition) is 3. The van der Waals surface area contributed by atoms with Crippen LogP contribution in [0.15, 0.2) is 30.3 Å². The lowest BCUT2D eigenvalue weighted by Crippen LogP contribution is -2.20. The van der Waals surface area contributed by atoms with E-state index in [9.17, 15) is 5.11 Å². The molecule has 2 fully saturated rings. The van der Waals surface area contributed by atoms with Gasteiger partial charge in [0.15, 0.2) is 0 Å². The van der Waals surface area contributed by atoms with Crippen LogP contribution in [0.3, 0.4) is 0 Å². The Morgan fingerprint density at radius 3 is 2.39 bits per heavy atom. The van der Waals surface area contributed by atoms with Crippen molar-refractivity contribution in [1.29, 1.82) is 0 Å². The third-order valence-electron chi connectivity index (χ3n) is 5.88. The first-order valence-electron chi connectivity index (χ1n) is 8.81. The van der Waals surface area contributed by atoms with E-state index in [0.29, 0.717) is 18.4 Å². The van der Waals surface area contributed by atoms with E-state index >= 15 is 0 Å². The standard InChI is InChI=1S/C19H25N3O/c1-22-17(15-9-7-14(13-23)8-10-15)20-21-18(22)19(11-12-19)16-5-3-2-4-6-16/h2-6,14-15,23H,7-13H2,1H3/t14-,15-. The van der Waals surface area contributed by atoms with E-state index in [1.54, 1.807) is 0 Å². The van der Waals surface area contributed by atoms with Crippen molar-refractivity contribution >= 4 is 0 Å². The molecule has 0 spiro atoms. The van der Waals surface area contributed by atoms with Gasteiger partial charge in [-0.15, -0.1) is 10.2 Å². The Morgan fingerprint density at radius 2 is 1.78 bits per heavy atom. The number of aliphatic hydroxyl groups is 1. The molecule has 0 amide bonds. The van der Waals surface area contributed by atoms with Gasteiger partial charge in [0.25, 0.3) is 0 Å². The zero-order valence-electron chi connectivity index (χ0n) is 13.8. The number of rotatable bonds is 4. The second kappa shape index (κ2) is 5.75. The van der Waals surface area contributed by atoms with Gasteiger partial charge in [0.05, 0.1) is 5.41 Å². The van der Waals surface area contributed by atoms with Crippen molar-refractivity contribution < 1.29 is 5.11 Å². The fourth-order valence-corrected chi connectivity index (χ4v) is 4.24. The van der Waals surface area contributed by atoms with Gasteiger partial charge in [0, 0.05) is 19.6 Å². The van der Waals surface area contributed by atoms with Crippen LogP contribution < -0.4 is 0 Å². The summed E-state index contributed by atoms with van der Waals surface area (Å²) >= 11 is 0. The minimum absolute atomic E-state index is 0.0869. The van der Waals surface area contributed by atoms with Gasteiger partial charge < -0.3 is 9.67 Å². The lowest BCUT2D eigenvalue weighted by atomic mass is 9.82. The molecule has 1 N–H and O–H groups in total. The van der Waals surface area contributed by atoms with Crippen molar-refractivity contribution in [3.63, 3.8) is 0 Å². The minimum atomic E-state index is 0.0869. The molecular weight excluding hydrogens is 286 g/mol. The zero-order valence-corrected chi connectivity index (χ0v) is 13.8. The maximum atomic E-state index is 9.31. The average molecular weight is 311 g/mol. The van der Waals surface area contributed by atoms with Crippen LogP contribution in [0.4, 0.5) is 0 Å². The Morgan fingerprint density at radius 1 is 1.09 bits per heavy atom. The molecule has 0 aliphatic heterocycles. The van der Waals surface area contributed by atoms with E-state index in [1.807, 2.05) is 0 Å². The van der Waals surface area contributed by atoms with Gasteiger partial charge in [-0.05, 0) is 50.0 Å². The molecule has 0 radical (unpaired) electrons. The van der Waals surface area contributed by atoms with Crippen molar-refractivity contribution in [2.75, 3.05) is 6.61 Å². The van der Waals surface area contributed by atoms with Crippen LogP contribution in [0.1, 0.15) is 61.7 Å². The topological polar surface area (TPSA) is 50.9 Å². The predicted octanol–water partition coefficient (Wildman–Crippen LogP) is 3.16. The number of nitrogens with zero attached hydrogens (tertiary/aromatic N) is 3. The minimum Gasteiger partial charge on any atom is -0.396 e. The van der Waals surface area contributed by atoms with Crippen LogP contribution in [-0.4, -0.2) is 26.5 Å². The first-order chi connectivity index (χ1) is 11.2. The Bertz CT molecular complexity index is 667. The Hall–Kier alpha value is -1.68. The fourth-order valence-electron chi connectivity index (χ4n) is 4.24. The quantitative estimate of drug-likeness (QED) is 0.943. The van der Waals surface area contributed by atoms with Crippen LogP contribution in [-0.2, 0) is 12.5 Å². The summed E-state index contributed by atoms with van der Waals surface area (Å²) in [4.78, 5) is 0. The maximum Gasteiger partial charge on any atom is 0.143 e. The normalized spacial score (nSPS) is 26.2. The van der Waals surface area contributed by atoms with E-state index in [4.69, 9.17) is 0 Å². The highest BCUT2D eigenvalue weighted by Gasteiger charge is 2.50. The third-order valence-corrected chi connectivity index (χ3v) is 5.88. The van der Waals surface area contributed by atoms with Crippen LogP contribution in [0.2, 0.25) is 0 Å². The van der Waals surface area contributed by atoms with Crippen molar-refractivity contribution in [2.45, 2.75) is 49.9 Å². The second-order valence-corrected chi connectivity index (χ2v) is 7.29. The summed E-state index contributed by atoms with van der Waals surface area (Å²) < 4.78 is 2.25. The van der Waals surface area contributed by atoms with Crippen molar-refractivity contribution in [1.82, 2.24) is 14.8 Å². The number of benzene rings is 1. The third kappa shape index (κ3) is 2.49. The van der Waals surface area contributed by atoms with Gasteiger partial charge in [-0.1, -0.05) is 30.3 Å². The molecule has 1 aromatic carbocycles. The molecule has 0 bridgehead atoms. The lowest BCUT2D eigenvalue weighted by Gasteiger charge is -2.26. The molecule has 122 valence electrons. The molecule has 0 saturated heterocycles. The van der Waals surface area contributed by atoms with Crippen LogP contribution >= 0.6 is 0 Å². The SMILES string of the molecule is Cn1c(C2(c3ccccc3)CC2)nnc1[C@H]1CC[C@H](CO)CC1. The molecule has 23 heavy (non-hydrogen) atoms. The van der Waals surface area contributed by atoms with E-state index in [1.165, 1.54) is 18.4 Å². The molecule has 1 aromatic heterocycles.